The number of hydrogen-bond acceptors (Lipinski definition) is 4. The molecule has 4 aliphatic rings. The highest BCUT2D eigenvalue weighted by Crippen LogP contribution is 2.28. The van der Waals surface area contributed by atoms with E-state index in [1.807, 2.05) is 19.9 Å². The maximum Gasteiger partial charge on any atom is 0.252 e. The maximum absolute atomic E-state index is 11.3. The molecule has 2 atom stereocenters. The van der Waals surface area contributed by atoms with Gasteiger partial charge in [0.25, 0.3) is 5.91 Å². The Hall–Kier alpha value is -1.66. The fourth-order valence-electron chi connectivity index (χ4n) is 2.73. The van der Waals surface area contributed by atoms with Crippen LogP contribution < -0.4 is 10.6 Å². The Balaban J connectivity index is 0.000000442. The summed E-state index contributed by atoms with van der Waals surface area (Å²) in [4.78, 5) is 22.3. The number of hydrogen-bond donors (Lipinski definition) is 2. The topological polar surface area (TPSA) is 80.0 Å². The zero-order valence-corrected chi connectivity index (χ0v) is 21.0. The third-order valence-corrected chi connectivity index (χ3v) is 4.81. The van der Waals surface area contributed by atoms with Gasteiger partial charge in [-0.3, -0.25) is 9.59 Å². The van der Waals surface area contributed by atoms with Crippen molar-refractivity contribution in [2.75, 3.05) is 13.2 Å². The van der Waals surface area contributed by atoms with Gasteiger partial charge >= 0.3 is 0 Å². The van der Waals surface area contributed by atoms with Crippen LogP contribution in [0.4, 0.5) is 0 Å². The van der Waals surface area contributed by atoms with Gasteiger partial charge < -0.3 is 20.1 Å². The van der Waals surface area contributed by atoms with Crippen LogP contribution in [0.1, 0.15) is 91.9 Å². The average Bonchev–Trinajstić information content (AvgIpc) is 3.76. The molecule has 2 heterocycles. The molecule has 2 saturated heterocycles. The summed E-state index contributed by atoms with van der Waals surface area (Å²) in [6.45, 7) is 16.2. The normalized spacial score (nSPS) is 22.4. The van der Waals surface area contributed by atoms with E-state index in [1.165, 1.54) is 12.8 Å². The van der Waals surface area contributed by atoms with Crippen molar-refractivity contribution in [3.63, 3.8) is 0 Å². The van der Waals surface area contributed by atoms with Crippen LogP contribution in [0.5, 0.6) is 0 Å². The molecule has 0 aromatic rings. The van der Waals surface area contributed by atoms with Gasteiger partial charge in [0, 0.05) is 25.3 Å². The number of amides is 2. The van der Waals surface area contributed by atoms with E-state index in [1.54, 1.807) is 6.08 Å². The highest BCUT2D eigenvalue weighted by atomic mass is 16.6. The summed E-state index contributed by atoms with van der Waals surface area (Å²) < 4.78 is 10.2. The summed E-state index contributed by atoms with van der Waals surface area (Å²) >= 11 is 0. The van der Waals surface area contributed by atoms with Crippen LogP contribution in [-0.4, -0.2) is 49.3 Å². The predicted octanol–water partition coefficient (Wildman–Crippen LogP) is 5.08. The first-order valence-electron chi connectivity index (χ1n) is 12.6. The number of carbonyl (C=O) groups excluding carboxylic acids is 2. The molecule has 4 rings (SSSR count). The number of rotatable bonds is 8. The van der Waals surface area contributed by atoms with Gasteiger partial charge in [0.15, 0.2) is 6.10 Å². The van der Waals surface area contributed by atoms with Gasteiger partial charge in [-0.1, -0.05) is 46.6 Å². The molecular weight excluding hydrogens is 404 g/mol. The minimum Gasteiger partial charge on any atom is -0.381 e. The van der Waals surface area contributed by atoms with Crippen molar-refractivity contribution in [1.82, 2.24) is 10.6 Å². The van der Waals surface area contributed by atoms with Crippen LogP contribution in [0.25, 0.3) is 0 Å². The van der Waals surface area contributed by atoms with Crippen LogP contribution >= 0.6 is 0 Å². The summed E-state index contributed by atoms with van der Waals surface area (Å²) in [6, 6.07) is 0.942. The minimum atomic E-state index is -0.120. The number of unbranched alkanes of at least 4 members (excludes halogenated alkanes) is 1. The molecule has 2 saturated carbocycles. The van der Waals surface area contributed by atoms with Crippen LogP contribution in [0.2, 0.25) is 0 Å². The van der Waals surface area contributed by atoms with E-state index in [2.05, 4.69) is 37.6 Å². The first-order chi connectivity index (χ1) is 15.6. The summed E-state index contributed by atoms with van der Waals surface area (Å²) in [7, 11) is 0. The van der Waals surface area contributed by atoms with Gasteiger partial charge in [-0.25, -0.2) is 0 Å². The number of ether oxygens (including phenoxy) is 2. The van der Waals surface area contributed by atoms with Crippen molar-refractivity contribution in [1.29, 1.82) is 0 Å². The first kappa shape index (κ1) is 30.3. The van der Waals surface area contributed by atoms with Crippen molar-refractivity contribution in [3.05, 3.63) is 25.3 Å². The lowest BCUT2D eigenvalue weighted by atomic mass is 10.2. The van der Waals surface area contributed by atoms with Crippen LogP contribution in [0.3, 0.4) is 0 Å². The minimum absolute atomic E-state index is 0.0703. The monoisotopic (exact) mass is 452 g/mol. The maximum atomic E-state index is 11.3. The van der Waals surface area contributed by atoms with E-state index in [0.29, 0.717) is 12.1 Å². The Labute approximate surface area is 196 Å². The van der Waals surface area contributed by atoms with E-state index < -0.39 is 0 Å². The Bertz CT molecular complexity index is 504. The molecule has 6 heteroatoms. The van der Waals surface area contributed by atoms with Gasteiger partial charge in [-0.05, 0) is 57.4 Å². The van der Waals surface area contributed by atoms with Gasteiger partial charge in [-0.15, -0.1) is 13.2 Å². The molecule has 2 N–H and O–H groups in total. The summed E-state index contributed by atoms with van der Waals surface area (Å²) in [5.74, 6) is 0.178. The summed E-state index contributed by atoms with van der Waals surface area (Å²) in [5.41, 5.74) is 0. The molecule has 6 nitrogen and oxygen atoms in total. The molecule has 0 aromatic carbocycles. The highest BCUT2D eigenvalue weighted by molar-refractivity contribution is 5.87. The van der Waals surface area contributed by atoms with E-state index in [4.69, 9.17) is 9.47 Å². The fourth-order valence-corrected chi connectivity index (χ4v) is 2.73. The lowest BCUT2D eigenvalue weighted by Gasteiger charge is -1.97. The Morgan fingerprint density at radius 3 is 1.94 bits per heavy atom. The Kier molecular flexibility index (Phi) is 18.9. The van der Waals surface area contributed by atoms with Gasteiger partial charge in [0.05, 0.1) is 6.10 Å². The van der Waals surface area contributed by atoms with Crippen molar-refractivity contribution in [2.45, 2.75) is 116 Å². The molecule has 32 heavy (non-hydrogen) atoms. The standard InChI is InChI=1S/C9H15NO2.C9H15NO.C4H8O.C2H6.C2H4/c1-2-3-7-8(12-7)9(11)10-6-4-5-6;1-2-3-4-5-9(11)10-8-6-7-8;1-2-4-5-3-1;2*1-2/h6-8H,2-5H2,1H3,(H,10,11);4-5,8H,2-3,6-7H2,1H3,(H,10,11);1-4H2;1-2H3;1-2H2/b;5-4+;;;/t7-,8+;;;;/m1..../s1. The lowest BCUT2D eigenvalue weighted by Crippen LogP contribution is -2.30. The molecule has 2 aliphatic heterocycles. The number of carbonyl (C=O) groups is 2. The molecule has 2 amide bonds. The Morgan fingerprint density at radius 2 is 1.50 bits per heavy atom. The third-order valence-electron chi connectivity index (χ3n) is 4.81. The molecule has 0 unspecified atom stereocenters. The second-order valence-electron chi connectivity index (χ2n) is 7.96. The van der Waals surface area contributed by atoms with Crippen molar-refractivity contribution < 1.29 is 19.1 Å². The first-order valence-corrected chi connectivity index (χ1v) is 12.6. The molecule has 0 radical (unpaired) electrons. The van der Waals surface area contributed by atoms with Gasteiger partial charge in [0.1, 0.15) is 0 Å². The molecule has 186 valence electrons. The van der Waals surface area contributed by atoms with Crippen molar-refractivity contribution in [2.24, 2.45) is 0 Å². The smallest absolute Gasteiger partial charge is 0.252 e. The van der Waals surface area contributed by atoms with E-state index in [9.17, 15) is 9.59 Å². The summed E-state index contributed by atoms with van der Waals surface area (Å²) in [5, 5.41) is 5.83. The van der Waals surface area contributed by atoms with E-state index in [-0.39, 0.29) is 24.0 Å². The zero-order valence-electron chi connectivity index (χ0n) is 21.0. The molecule has 0 spiro atoms. The predicted molar refractivity (Wildman–Crippen MR) is 133 cm³/mol. The van der Waals surface area contributed by atoms with Crippen molar-refractivity contribution in [3.8, 4) is 0 Å². The molecule has 0 aromatic heterocycles. The van der Waals surface area contributed by atoms with Crippen LogP contribution in [0.15, 0.2) is 25.3 Å². The second-order valence-corrected chi connectivity index (χ2v) is 7.96. The second kappa shape index (κ2) is 20.0. The Morgan fingerprint density at radius 1 is 0.938 bits per heavy atom. The van der Waals surface area contributed by atoms with E-state index >= 15 is 0 Å². The van der Waals surface area contributed by atoms with Crippen LogP contribution in [-0.2, 0) is 19.1 Å². The van der Waals surface area contributed by atoms with Crippen LogP contribution in [0, 0.1) is 0 Å². The van der Waals surface area contributed by atoms with Gasteiger partial charge in [-0.2, -0.15) is 0 Å². The number of nitrogens with one attached hydrogen (secondary N) is 2. The van der Waals surface area contributed by atoms with Gasteiger partial charge in [0.2, 0.25) is 5.91 Å². The quantitative estimate of drug-likeness (QED) is 0.306. The lowest BCUT2D eigenvalue weighted by molar-refractivity contribution is -0.122. The molecule has 2 aliphatic carbocycles. The van der Waals surface area contributed by atoms with E-state index in [0.717, 1.165) is 64.6 Å². The summed E-state index contributed by atoms with van der Waals surface area (Å²) in [6.07, 6.45) is 15.1. The molecule has 0 bridgehead atoms. The molecular formula is C26H48N2O4. The third kappa shape index (κ3) is 17.0. The fraction of sp³-hybridized carbons (Fsp3) is 0.769. The zero-order chi connectivity index (χ0) is 24.2. The SMILES string of the molecule is C1CCOC1.C=C.CC.CCC/C=C/C(=O)NC1CC1.CCC[C@H]1O[C@@H]1C(=O)NC1CC1. The number of epoxide rings is 1. The number of allylic oxidation sites excluding steroid dienone is 1. The molecule has 4 fully saturated rings. The largest absolute Gasteiger partial charge is 0.381 e. The highest BCUT2D eigenvalue weighted by Gasteiger charge is 2.45. The average molecular weight is 453 g/mol. The van der Waals surface area contributed by atoms with Crippen molar-refractivity contribution >= 4 is 11.8 Å².